The summed E-state index contributed by atoms with van der Waals surface area (Å²) in [6.07, 6.45) is 0. The zero-order chi connectivity index (χ0) is 21.5. The average molecular weight is 406 g/mol. The van der Waals surface area contributed by atoms with Crippen LogP contribution in [0.5, 0.6) is 5.75 Å². The number of ether oxygens (including phenoxy) is 1. The van der Waals surface area contributed by atoms with Crippen molar-refractivity contribution < 1.29 is 18.7 Å². The van der Waals surface area contributed by atoms with Gasteiger partial charge in [-0.15, -0.1) is 0 Å². The Hall–Kier alpha value is -3.67. The van der Waals surface area contributed by atoms with Gasteiger partial charge in [-0.05, 0) is 66.1 Å². The summed E-state index contributed by atoms with van der Waals surface area (Å²) in [7, 11) is 0. The van der Waals surface area contributed by atoms with E-state index in [9.17, 15) is 14.0 Å². The normalized spacial score (nSPS) is 10.5. The van der Waals surface area contributed by atoms with Crippen molar-refractivity contribution in [2.24, 2.45) is 0 Å². The number of carbonyl (C=O) groups is 2. The van der Waals surface area contributed by atoms with Crippen LogP contribution in [0.4, 0.5) is 15.8 Å². The predicted molar refractivity (Wildman–Crippen MR) is 115 cm³/mol. The minimum Gasteiger partial charge on any atom is -0.484 e. The second kappa shape index (κ2) is 9.69. The fraction of sp³-hybridized carbons (Fsp3) is 0.167. The van der Waals surface area contributed by atoms with Gasteiger partial charge in [0.15, 0.2) is 6.61 Å². The molecule has 5 nitrogen and oxygen atoms in total. The standard InChI is InChI=1S/C24H23FN2O3/c1-16(2)17-6-12-22(13-7-17)30-15-23(28)26-21-5-3-4-18(14-21)24(29)27-20-10-8-19(25)9-11-20/h3-14,16H,15H2,1-2H3,(H,26,28)(H,27,29). The van der Waals surface area contributed by atoms with E-state index in [0.29, 0.717) is 28.6 Å². The van der Waals surface area contributed by atoms with E-state index in [1.165, 1.54) is 29.8 Å². The highest BCUT2D eigenvalue weighted by molar-refractivity contribution is 6.05. The molecule has 0 aliphatic rings. The van der Waals surface area contributed by atoms with E-state index in [4.69, 9.17) is 4.74 Å². The number of hydrogen-bond donors (Lipinski definition) is 2. The van der Waals surface area contributed by atoms with Crippen molar-refractivity contribution in [1.82, 2.24) is 0 Å². The Morgan fingerprint density at radius 2 is 1.60 bits per heavy atom. The molecule has 0 radical (unpaired) electrons. The van der Waals surface area contributed by atoms with Gasteiger partial charge in [-0.1, -0.05) is 32.0 Å². The number of nitrogens with one attached hydrogen (secondary N) is 2. The fourth-order valence-electron chi connectivity index (χ4n) is 2.77. The lowest BCUT2D eigenvalue weighted by molar-refractivity contribution is -0.118. The highest BCUT2D eigenvalue weighted by atomic mass is 19.1. The van der Waals surface area contributed by atoms with Crippen molar-refractivity contribution in [3.8, 4) is 5.75 Å². The number of amides is 2. The lowest BCUT2D eigenvalue weighted by Crippen LogP contribution is -2.20. The van der Waals surface area contributed by atoms with Gasteiger partial charge in [0.1, 0.15) is 11.6 Å². The number of benzene rings is 3. The molecule has 154 valence electrons. The van der Waals surface area contributed by atoms with Crippen LogP contribution in [0.2, 0.25) is 0 Å². The van der Waals surface area contributed by atoms with Crippen LogP contribution in [-0.2, 0) is 4.79 Å². The number of halogens is 1. The molecule has 0 aromatic heterocycles. The van der Waals surface area contributed by atoms with Gasteiger partial charge in [0, 0.05) is 16.9 Å². The summed E-state index contributed by atoms with van der Waals surface area (Å²) < 4.78 is 18.5. The third-order valence-corrected chi connectivity index (χ3v) is 4.43. The van der Waals surface area contributed by atoms with Crippen molar-refractivity contribution in [2.45, 2.75) is 19.8 Å². The van der Waals surface area contributed by atoms with Crippen molar-refractivity contribution in [1.29, 1.82) is 0 Å². The molecule has 2 amide bonds. The SMILES string of the molecule is CC(C)c1ccc(OCC(=O)Nc2cccc(C(=O)Nc3ccc(F)cc3)c2)cc1. The molecule has 3 aromatic carbocycles. The first-order valence-electron chi connectivity index (χ1n) is 9.60. The molecule has 0 fully saturated rings. The third kappa shape index (κ3) is 5.91. The summed E-state index contributed by atoms with van der Waals surface area (Å²) in [6, 6.07) is 19.6. The minimum atomic E-state index is -0.379. The highest BCUT2D eigenvalue weighted by Crippen LogP contribution is 2.19. The maximum absolute atomic E-state index is 13.0. The molecule has 0 aliphatic carbocycles. The summed E-state index contributed by atoms with van der Waals surface area (Å²) >= 11 is 0. The molecule has 0 unspecified atom stereocenters. The van der Waals surface area contributed by atoms with Crippen LogP contribution in [0.1, 0.15) is 35.7 Å². The van der Waals surface area contributed by atoms with Crippen LogP contribution in [0, 0.1) is 5.82 Å². The van der Waals surface area contributed by atoms with Gasteiger partial charge >= 0.3 is 0 Å². The first-order valence-corrected chi connectivity index (χ1v) is 9.60. The molecule has 0 bridgehead atoms. The highest BCUT2D eigenvalue weighted by Gasteiger charge is 2.09. The molecular weight excluding hydrogens is 383 g/mol. The molecule has 3 aromatic rings. The van der Waals surface area contributed by atoms with Crippen molar-refractivity contribution >= 4 is 23.2 Å². The van der Waals surface area contributed by atoms with Gasteiger partial charge in [0.05, 0.1) is 0 Å². The summed E-state index contributed by atoms with van der Waals surface area (Å²) in [4.78, 5) is 24.6. The maximum Gasteiger partial charge on any atom is 0.262 e. The second-order valence-electron chi connectivity index (χ2n) is 7.10. The van der Waals surface area contributed by atoms with Crippen LogP contribution in [0.25, 0.3) is 0 Å². The number of rotatable bonds is 7. The molecular formula is C24H23FN2O3. The Bertz CT molecular complexity index is 1020. The van der Waals surface area contributed by atoms with Gasteiger partial charge in [0.25, 0.3) is 11.8 Å². The van der Waals surface area contributed by atoms with E-state index < -0.39 is 0 Å². The van der Waals surface area contributed by atoms with Crippen LogP contribution in [0.3, 0.4) is 0 Å². The molecule has 0 saturated carbocycles. The Kier molecular flexibility index (Phi) is 6.80. The zero-order valence-electron chi connectivity index (χ0n) is 16.8. The van der Waals surface area contributed by atoms with Crippen molar-refractivity contribution in [2.75, 3.05) is 17.2 Å². The predicted octanol–water partition coefficient (Wildman–Crippen LogP) is 5.22. The van der Waals surface area contributed by atoms with E-state index in [1.807, 2.05) is 24.3 Å². The number of anilines is 2. The van der Waals surface area contributed by atoms with E-state index >= 15 is 0 Å². The Balaban J connectivity index is 1.55. The monoisotopic (exact) mass is 406 g/mol. The van der Waals surface area contributed by atoms with Gasteiger partial charge in [0.2, 0.25) is 0 Å². The van der Waals surface area contributed by atoms with E-state index in [2.05, 4.69) is 24.5 Å². The maximum atomic E-state index is 13.0. The largest absolute Gasteiger partial charge is 0.484 e. The van der Waals surface area contributed by atoms with Crippen LogP contribution in [-0.4, -0.2) is 18.4 Å². The second-order valence-corrected chi connectivity index (χ2v) is 7.10. The molecule has 0 aliphatic heterocycles. The van der Waals surface area contributed by atoms with E-state index in [-0.39, 0.29) is 24.2 Å². The summed E-state index contributed by atoms with van der Waals surface area (Å²) in [6.45, 7) is 4.07. The first kappa shape index (κ1) is 21.0. The summed E-state index contributed by atoms with van der Waals surface area (Å²) in [5.74, 6) is -0.0362. The Labute approximate surface area is 174 Å². The molecule has 0 atom stereocenters. The lowest BCUT2D eigenvalue weighted by atomic mass is 10.0. The lowest BCUT2D eigenvalue weighted by Gasteiger charge is -2.10. The fourth-order valence-corrected chi connectivity index (χ4v) is 2.77. The van der Waals surface area contributed by atoms with Crippen LogP contribution < -0.4 is 15.4 Å². The average Bonchev–Trinajstić information content (AvgIpc) is 2.74. The zero-order valence-corrected chi connectivity index (χ0v) is 16.8. The quantitative estimate of drug-likeness (QED) is 0.565. The van der Waals surface area contributed by atoms with Gasteiger partial charge in [-0.25, -0.2) is 4.39 Å². The van der Waals surface area contributed by atoms with Crippen LogP contribution >= 0.6 is 0 Å². The molecule has 0 heterocycles. The number of carbonyl (C=O) groups excluding carboxylic acids is 2. The van der Waals surface area contributed by atoms with Crippen LogP contribution in [0.15, 0.2) is 72.8 Å². The van der Waals surface area contributed by atoms with E-state index in [1.54, 1.807) is 24.3 Å². The third-order valence-electron chi connectivity index (χ3n) is 4.43. The molecule has 0 spiro atoms. The van der Waals surface area contributed by atoms with Gasteiger partial charge < -0.3 is 15.4 Å². The molecule has 0 saturated heterocycles. The first-order chi connectivity index (χ1) is 14.4. The Morgan fingerprint density at radius 1 is 0.900 bits per heavy atom. The van der Waals surface area contributed by atoms with Gasteiger partial charge in [-0.3, -0.25) is 9.59 Å². The molecule has 30 heavy (non-hydrogen) atoms. The summed E-state index contributed by atoms with van der Waals surface area (Å²) in [5.41, 5.74) is 2.52. The summed E-state index contributed by atoms with van der Waals surface area (Å²) in [5, 5.41) is 5.40. The topological polar surface area (TPSA) is 67.4 Å². The van der Waals surface area contributed by atoms with Gasteiger partial charge in [-0.2, -0.15) is 0 Å². The smallest absolute Gasteiger partial charge is 0.262 e. The molecule has 6 heteroatoms. The van der Waals surface area contributed by atoms with Crippen molar-refractivity contribution in [3.05, 3.63) is 89.7 Å². The van der Waals surface area contributed by atoms with E-state index in [0.717, 1.165) is 0 Å². The Morgan fingerprint density at radius 3 is 2.27 bits per heavy atom. The minimum absolute atomic E-state index is 0.146. The van der Waals surface area contributed by atoms with Crippen molar-refractivity contribution in [3.63, 3.8) is 0 Å². The number of hydrogen-bond acceptors (Lipinski definition) is 3. The molecule has 2 N–H and O–H groups in total. The molecule has 3 rings (SSSR count).